The van der Waals surface area contributed by atoms with Gasteiger partial charge in [-0.25, -0.2) is 0 Å². The highest BCUT2D eigenvalue weighted by molar-refractivity contribution is 14.1. The number of carbonyl (C=O) groups is 1. The predicted octanol–water partition coefficient (Wildman–Crippen LogP) is 3.78. The molecule has 0 aliphatic carbocycles. The van der Waals surface area contributed by atoms with Gasteiger partial charge in [0.05, 0.1) is 5.75 Å². The van der Waals surface area contributed by atoms with Crippen LogP contribution in [0.15, 0.2) is 22.5 Å². The van der Waals surface area contributed by atoms with Crippen molar-refractivity contribution in [2.75, 3.05) is 29.1 Å². The largest absolute Gasteiger partial charge is 0.347 e. The van der Waals surface area contributed by atoms with E-state index in [9.17, 15) is 4.79 Å². The molecule has 0 spiro atoms. The second kappa shape index (κ2) is 7.80. The Bertz CT molecular complexity index is 701. The average molecular weight is 460 g/mol. The zero-order chi connectivity index (χ0) is 16.2. The first-order valence-electron chi connectivity index (χ1n) is 7.39. The number of aromatic nitrogens is 2. The molecule has 23 heavy (non-hydrogen) atoms. The minimum absolute atomic E-state index is 0.0165. The van der Waals surface area contributed by atoms with Crippen LogP contribution >= 0.6 is 45.7 Å². The maximum atomic E-state index is 12.1. The molecule has 1 fully saturated rings. The third kappa shape index (κ3) is 4.57. The number of benzene rings is 1. The van der Waals surface area contributed by atoms with Crippen molar-refractivity contribution in [1.29, 1.82) is 0 Å². The lowest BCUT2D eigenvalue weighted by molar-refractivity contribution is -0.113. The number of amides is 1. The maximum absolute atomic E-state index is 12.1. The molecule has 1 saturated heterocycles. The molecular weight excluding hydrogens is 443 g/mol. The van der Waals surface area contributed by atoms with Gasteiger partial charge in [-0.2, -0.15) is 0 Å². The summed E-state index contributed by atoms with van der Waals surface area (Å²) in [5.41, 5.74) is 1.94. The van der Waals surface area contributed by atoms with E-state index >= 15 is 0 Å². The molecular formula is C15H17IN4OS2. The summed E-state index contributed by atoms with van der Waals surface area (Å²) in [6, 6.07) is 5.98. The van der Waals surface area contributed by atoms with Crippen LogP contribution in [0.3, 0.4) is 0 Å². The van der Waals surface area contributed by atoms with Crippen LogP contribution < -0.4 is 10.2 Å². The van der Waals surface area contributed by atoms with Crippen molar-refractivity contribution < 1.29 is 4.79 Å². The Morgan fingerprint density at radius 2 is 2.17 bits per heavy atom. The Morgan fingerprint density at radius 3 is 2.91 bits per heavy atom. The molecule has 1 aliphatic heterocycles. The third-order valence-electron chi connectivity index (χ3n) is 3.56. The molecule has 0 saturated carbocycles. The standard InChI is InChI=1S/C15H17IN4OS2/c1-10-8-11(16)4-5-12(10)17-13(21)9-22-15-19-18-14(23-15)20-6-2-3-7-20/h4-5,8H,2-3,6-7,9H2,1H3,(H,17,21). The number of hydrogen-bond acceptors (Lipinski definition) is 6. The number of aryl methyl sites for hydroxylation is 1. The van der Waals surface area contributed by atoms with E-state index in [0.717, 1.165) is 37.4 Å². The SMILES string of the molecule is Cc1cc(I)ccc1NC(=O)CSc1nnc(N2CCCC2)s1. The smallest absolute Gasteiger partial charge is 0.234 e. The van der Waals surface area contributed by atoms with Gasteiger partial charge >= 0.3 is 0 Å². The van der Waals surface area contributed by atoms with E-state index in [2.05, 4.69) is 49.1 Å². The molecule has 1 aromatic heterocycles. The monoisotopic (exact) mass is 460 g/mol. The van der Waals surface area contributed by atoms with Crippen molar-refractivity contribution in [2.45, 2.75) is 24.1 Å². The molecule has 1 aromatic carbocycles. The van der Waals surface area contributed by atoms with Gasteiger partial charge in [-0.15, -0.1) is 10.2 Å². The van der Waals surface area contributed by atoms with Gasteiger partial charge in [-0.1, -0.05) is 23.1 Å². The Labute approximate surface area is 157 Å². The first-order valence-corrected chi connectivity index (χ1v) is 10.3. The van der Waals surface area contributed by atoms with E-state index in [-0.39, 0.29) is 5.91 Å². The van der Waals surface area contributed by atoms with E-state index in [0.29, 0.717) is 5.75 Å². The van der Waals surface area contributed by atoms with Gasteiger partial charge in [-0.3, -0.25) is 4.79 Å². The molecule has 0 bridgehead atoms. The Kier molecular flexibility index (Phi) is 5.76. The van der Waals surface area contributed by atoms with E-state index in [4.69, 9.17) is 0 Å². The predicted molar refractivity (Wildman–Crippen MR) is 105 cm³/mol. The molecule has 0 unspecified atom stereocenters. The molecule has 1 amide bonds. The van der Waals surface area contributed by atoms with Crippen molar-refractivity contribution in [3.8, 4) is 0 Å². The van der Waals surface area contributed by atoms with Crippen molar-refractivity contribution in [2.24, 2.45) is 0 Å². The van der Waals surface area contributed by atoms with E-state index in [1.54, 1.807) is 11.3 Å². The molecule has 122 valence electrons. The maximum Gasteiger partial charge on any atom is 0.234 e. The number of thioether (sulfide) groups is 1. The first kappa shape index (κ1) is 17.0. The number of hydrogen-bond donors (Lipinski definition) is 1. The number of anilines is 2. The topological polar surface area (TPSA) is 58.1 Å². The van der Waals surface area contributed by atoms with Gasteiger partial charge in [0.15, 0.2) is 4.34 Å². The molecule has 1 N–H and O–H groups in total. The van der Waals surface area contributed by atoms with Gasteiger partial charge < -0.3 is 10.2 Å². The summed E-state index contributed by atoms with van der Waals surface area (Å²) >= 11 is 5.27. The number of nitrogens with one attached hydrogen (secondary N) is 1. The fourth-order valence-corrected chi connectivity index (χ4v) is 4.72. The number of rotatable bonds is 5. The van der Waals surface area contributed by atoms with Crippen LogP contribution in [0.1, 0.15) is 18.4 Å². The number of carbonyl (C=O) groups excluding carboxylic acids is 1. The van der Waals surface area contributed by atoms with E-state index < -0.39 is 0 Å². The minimum Gasteiger partial charge on any atom is -0.347 e. The number of halogens is 1. The third-order valence-corrected chi connectivity index (χ3v) is 6.35. The summed E-state index contributed by atoms with van der Waals surface area (Å²) in [4.78, 5) is 14.4. The molecule has 2 aromatic rings. The molecule has 0 atom stereocenters. The summed E-state index contributed by atoms with van der Waals surface area (Å²) in [5.74, 6) is 0.331. The van der Waals surface area contributed by atoms with Crippen molar-refractivity contribution in [3.63, 3.8) is 0 Å². The first-order chi connectivity index (χ1) is 11.1. The van der Waals surface area contributed by atoms with Crippen LogP contribution in [0.4, 0.5) is 10.8 Å². The van der Waals surface area contributed by atoms with E-state index in [1.165, 1.54) is 24.6 Å². The fraction of sp³-hybridized carbons (Fsp3) is 0.400. The second-order valence-electron chi connectivity index (χ2n) is 5.34. The van der Waals surface area contributed by atoms with Gasteiger partial charge in [0, 0.05) is 22.3 Å². The quantitative estimate of drug-likeness (QED) is 0.544. The molecule has 8 heteroatoms. The van der Waals surface area contributed by atoms with Crippen LogP contribution in [-0.4, -0.2) is 34.9 Å². The molecule has 0 radical (unpaired) electrons. The highest BCUT2D eigenvalue weighted by atomic mass is 127. The van der Waals surface area contributed by atoms with Crippen LogP contribution in [0.25, 0.3) is 0 Å². The summed E-state index contributed by atoms with van der Waals surface area (Å²) in [6.45, 7) is 4.12. The Balaban J connectivity index is 1.52. The minimum atomic E-state index is -0.0165. The molecule has 3 rings (SSSR count). The lowest BCUT2D eigenvalue weighted by Crippen LogP contribution is -2.17. The van der Waals surface area contributed by atoms with Crippen LogP contribution in [-0.2, 0) is 4.79 Å². The molecule has 2 heterocycles. The van der Waals surface area contributed by atoms with Gasteiger partial charge in [0.2, 0.25) is 11.0 Å². The zero-order valence-electron chi connectivity index (χ0n) is 12.7. The normalized spacial score (nSPS) is 14.3. The summed E-state index contributed by atoms with van der Waals surface area (Å²) in [5, 5.41) is 12.3. The number of nitrogens with zero attached hydrogens (tertiary/aromatic N) is 3. The van der Waals surface area contributed by atoms with Crippen LogP contribution in [0.5, 0.6) is 0 Å². The van der Waals surface area contributed by atoms with Crippen molar-refractivity contribution in [3.05, 3.63) is 27.3 Å². The van der Waals surface area contributed by atoms with Crippen molar-refractivity contribution in [1.82, 2.24) is 10.2 Å². The van der Waals surface area contributed by atoms with Crippen molar-refractivity contribution >= 4 is 62.4 Å². The highest BCUT2D eigenvalue weighted by Gasteiger charge is 2.17. The molecule has 1 aliphatic rings. The average Bonchev–Trinajstić information content (AvgIpc) is 3.18. The van der Waals surface area contributed by atoms with E-state index in [1.807, 2.05) is 19.1 Å². The second-order valence-corrected chi connectivity index (χ2v) is 8.76. The Morgan fingerprint density at radius 1 is 1.39 bits per heavy atom. The summed E-state index contributed by atoms with van der Waals surface area (Å²) < 4.78 is 2.01. The van der Waals surface area contributed by atoms with Gasteiger partial charge in [0.1, 0.15) is 0 Å². The van der Waals surface area contributed by atoms with Gasteiger partial charge in [-0.05, 0) is 66.1 Å². The van der Waals surface area contributed by atoms with Gasteiger partial charge in [0.25, 0.3) is 0 Å². The lowest BCUT2D eigenvalue weighted by atomic mass is 10.2. The zero-order valence-corrected chi connectivity index (χ0v) is 16.5. The highest BCUT2D eigenvalue weighted by Crippen LogP contribution is 2.30. The summed E-state index contributed by atoms with van der Waals surface area (Å²) in [7, 11) is 0. The van der Waals surface area contributed by atoms with Crippen LogP contribution in [0, 0.1) is 10.5 Å². The Hall–Kier alpha value is -0.870. The molecule has 5 nitrogen and oxygen atoms in total. The summed E-state index contributed by atoms with van der Waals surface area (Å²) in [6.07, 6.45) is 2.44. The lowest BCUT2D eigenvalue weighted by Gasteiger charge is -2.10. The van der Waals surface area contributed by atoms with Crippen LogP contribution in [0.2, 0.25) is 0 Å². The fourth-order valence-electron chi connectivity index (χ4n) is 2.38.